The SMILES string of the molecule is CC(C)(O)c1csc(-c2ccc3nc[nH]c3c2)n1. The van der Waals surface area contributed by atoms with E-state index in [1.165, 1.54) is 11.3 Å². The van der Waals surface area contributed by atoms with Gasteiger partial charge in [0.15, 0.2) is 0 Å². The van der Waals surface area contributed by atoms with E-state index in [-0.39, 0.29) is 0 Å². The summed E-state index contributed by atoms with van der Waals surface area (Å²) in [5, 5.41) is 12.7. The Balaban J connectivity index is 2.06. The van der Waals surface area contributed by atoms with E-state index in [0.29, 0.717) is 5.69 Å². The minimum absolute atomic E-state index is 0.701. The number of benzene rings is 1. The molecule has 0 bridgehead atoms. The average molecular weight is 259 g/mol. The van der Waals surface area contributed by atoms with Crippen molar-refractivity contribution in [2.24, 2.45) is 0 Å². The summed E-state index contributed by atoms with van der Waals surface area (Å²) in [4.78, 5) is 11.7. The van der Waals surface area contributed by atoms with Gasteiger partial charge >= 0.3 is 0 Å². The lowest BCUT2D eigenvalue weighted by molar-refractivity contribution is 0.0746. The Labute approximate surface area is 108 Å². The Hall–Kier alpha value is -1.72. The summed E-state index contributed by atoms with van der Waals surface area (Å²) in [5.74, 6) is 0. The third-order valence-electron chi connectivity index (χ3n) is 2.80. The van der Waals surface area contributed by atoms with Gasteiger partial charge in [-0.05, 0) is 32.0 Å². The number of nitrogens with one attached hydrogen (secondary N) is 1. The van der Waals surface area contributed by atoms with Crippen molar-refractivity contribution < 1.29 is 5.11 Å². The topological polar surface area (TPSA) is 61.8 Å². The number of aromatic amines is 1. The summed E-state index contributed by atoms with van der Waals surface area (Å²) in [6.07, 6.45) is 1.68. The second kappa shape index (κ2) is 3.90. The molecule has 2 N–H and O–H groups in total. The van der Waals surface area contributed by atoms with Crippen LogP contribution in [0.1, 0.15) is 19.5 Å². The maximum atomic E-state index is 9.92. The minimum atomic E-state index is -0.896. The van der Waals surface area contributed by atoms with Crippen molar-refractivity contribution in [3.8, 4) is 10.6 Å². The van der Waals surface area contributed by atoms with Crippen molar-refractivity contribution in [2.45, 2.75) is 19.4 Å². The number of H-pyrrole nitrogens is 1. The van der Waals surface area contributed by atoms with E-state index < -0.39 is 5.60 Å². The van der Waals surface area contributed by atoms with E-state index in [1.54, 1.807) is 20.2 Å². The molecule has 0 fully saturated rings. The second-order valence-electron chi connectivity index (χ2n) is 4.73. The molecule has 0 aliphatic rings. The quantitative estimate of drug-likeness (QED) is 0.744. The summed E-state index contributed by atoms with van der Waals surface area (Å²) in [6, 6.07) is 5.98. The lowest BCUT2D eigenvalue weighted by Gasteiger charge is -2.12. The van der Waals surface area contributed by atoms with Gasteiger partial charge < -0.3 is 10.1 Å². The first-order chi connectivity index (χ1) is 8.54. The Kier molecular flexibility index (Phi) is 2.46. The predicted molar refractivity (Wildman–Crippen MR) is 72.4 cm³/mol. The van der Waals surface area contributed by atoms with Gasteiger partial charge in [0.1, 0.15) is 10.6 Å². The molecule has 18 heavy (non-hydrogen) atoms. The first-order valence-electron chi connectivity index (χ1n) is 5.66. The zero-order valence-electron chi connectivity index (χ0n) is 10.1. The van der Waals surface area contributed by atoms with Crippen molar-refractivity contribution in [3.63, 3.8) is 0 Å². The Bertz CT molecular complexity index is 693. The van der Waals surface area contributed by atoms with Crippen LogP contribution in [0.25, 0.3) is 21.6 Å². The number of rotatable bonds is 2. The fraction of sp³-hybridized carbons (Fsp3) is 0.231. The Morgan fingerprint density at radius 2 is 2.17 bits per heavy atom. The number of hydrogen-bond acceptors (Lipinski definition) is 4. The van der Waals surface area contributed by atoms with Crippen LogP contribution in [0.15, 0.2) is 29.9 Å². The molecule has 0 spiro atoms. The molecule has 5 heteroatoms. The summed E-state index contributed by atoms with van der Waals surface area (Å²) < 4.78 is 0. The average Bonchev–Trinajstić information content (AvgIpc) is 2.96. The molecule has 0 aliphatic carbocycles. The van der Waals surface area contributed by atoms with Gasteiger partial charge in [-0.3, -0.25) is 0 Å². The van der Waals surface area contributed by atoms with Gasteiger partial charge in [-0.25, -0.2) is 9.97 Å². The van der Waals surface area contributed by atoms with E-state index in [1.807, 2.05) is 23.6 Å². The largest absolute Gasteiger partial charge is 0.384 e. The highest BCUT2D eigenvalue weighted by atomic mass is 32.1. The molecule has 0 aliphatic heterocycles. The molecule has 1 aromatic carbocycles. The molecule has 4 nitrogen and oxygen atoms in total. The predicted octanol–water partition coefficient (Wildman–Crippen LogP) is 2.91. The fourth-order valence-electron chi connectivity index (χ4n) is 1.76. The van der Waals surface area contributed by atoms with Gasteiger partial charge in [0.25, 0.3) is 0 Å². The van der Waals surface area contributed by atoms with Crippen LogP contribution >= 0.6 is 11.3 Å². The number of thiazole rings is 1. The second-order valence-corrected chi connectivity index (χ2v) is 5.59. The molecule has 0 saturated heterocycles. The van der Waals surface area contributed by atoms with Gasteiger partial charge in [0.2, 0.25) is 0 Å². The molecule has 3 rings (SSSR count). The maximum Gasteiger partial charge on any atom is 0.123 e. The molecule has 0 saturated carbocycles. The molecule has 2 aromatic heterocycles. The summed E-state index contributed by atoms with van der Waals surface area (Å²) in [5.41, 5.74) is 2.78. The Morgan fingerprint density at radius 1 is 1.33 bits per heavy atom. The third kappa shape index (κ3) is 1.91. The highest BCUT2D eigenvalue weighted by Crippen LogP contribution is 2.29. The van der Waals surface area contributed by atoms with Crippen LogP contribution in [0.4, 0.5) is 0 Å². The lowest BCUT2D eigenvalue weighted by Crippen LogP contribution is -2.15. The standard InChI is InChI=1S/C13H13N3OS/c1-13(2,17)11-6-18-12(16-11)8-3-4-9-10(5-8)15-7-14-9/h3-7,17H,1-2H3,(H,14,15). The van der Waals surface area contributed by atoms with Gasteiger partial charge in [-0.2, -0.15) is 0 Å². The number of aliphatic hydroxyl groups is 1. The van der Waals surface area contributed by atoms with Gasteiger partial charge in [-0.15, -0.1) is 11.3 Å². The van der Waals surface area contributed by atoms with Crippen molar-refractivity contribution in [3.05, 3.63) is 35.6 Å². The minimum Gasteiger partial charge on any atom is -0.384 e. The van der Waals surface area contributed by atoms with Crippen LogP contribution in [0.2, 0.25) is 0 Å². The van der Waals surface area contributed by atoms with Crippen molar-refractivity contribution >= 4 is 22.4 Å². The van der Waals surface area contributed by atoms with E-state index in [4.69, 9.17) is 0 Å². The fourth-order valence-corrected chi connectivity index (χ4v) is 2.73. The van der Waals surface area contributed by atoms with E-state index in [2.05, 4.69) is 15.0 Å². The van der Waals surface area contributed by atoms with Crippen molar-refractivity contribution in [1.82, 2.24) is 15.0 Å². The number of aromatic nitrogens is 3. The molecule has 0 atom stereocenters. The molecule has 0 unspecified atom stereocenters. The first kappa shape index (κ1) is 11.4. The normalized spacial score (nSPS) is 12.2. The van der Waals surface area contributed by atoms with E-state index in [0.717, 1.165) is 21.6 Å². The molecule has 0 radical (unpaired) electrons. The number of fused-ring (bicyclic) bond motifs is 1. The van der Waals surface area contributed by atoms with Crippen LogP contribution in [0.5, 0.6) is 0 Å². The third-order valence-corrected chi connectivity index (χ3v) is 3.69. The molecule has 92 valence electrons. The van der Waals surface area contributed by atoms with Crippen LogP contribution in [0, 0.1) is 0 Å². The maximum absolute atomic E-state index is 9.92. The van der Waals surface area contributed by atoms with Crippen LogP contribution in [0.3, 0.4) is 0 Å². The molecular weight excluding hydrogens is 246 g/mol. The first-order valence-corrected chi connectivity index (χ1v) is 6.54. The smallest absolute Gasteiger partial charge is 0.123 e. The van der Waals surface area contributed by atoms with Gasteiger partial charge in [0.05, 0.1) is 23.1 Å². The van der Waals surface area contributed by atoms with Crippen LogP contribution in [-0.2, 0) is 5.60 Å². The van der Waals surface area contributed by atoms with Gasteiger partial charge in [-0.1, -0.05) is 0 Å². The number of hydrogen-bond donors (Lipinski definition) is 2. The summed E-state index contributed by atoms with van der Waals surface area (Å²) in [7, 11) is 0. The van der Waals surface area contributed by atoms with Crippen molar-refractivity contribution in [1.29, 1.82) is 0 Å². The number of imidazole rings is 1. The Morgan fingerprint density at radius 3 is 2.89 bits per heavy atom. The van der Waals surface area contributed by atoms with Crippen LogP contribution in [-0.4, -0.2) is 20.1 Å². The molecular formula is C13H13N3OS. The lowest BCUT2D eigenvalue weighted by atomic mass is 10.1. The highest BCUT2D eigenvalue weighted by molar-refractivity contribution is 7.13. The van der Waals surface area contributed by atoms with Gasteiger partial charge in [0, 0.05) is 10.9 Å². The molecule has 2 heterocycles. The zero-order chi connectivity index (χ0) is 12.8. The van der Waals surface area contributed by atoms with Crippen LogP contribution < -0.4 is 0 Å². The van der Waals surface area contributed by atoms with Crippen molar-refractivity contribution in [2.75, 3.05) is 0 Å². The van der Waals surface area contributed by atoms with E-state index >= 15 is 0 Å². The number of nitrogens with zero attached hydrogens (tertiary/aromatic N) is 2. The monoisotopic (exact) mass is 259 g/mol. The highest BCUT2D eigenvalue weighted by Gasteiger charge is 2.20. The van der Waals surface area contributed by atoms with E-state index in [9.17, 15) is 5.11 Å². The zero-order valence-corrected chi connectivity index (χ0v) is 11.0. The summed E-state index contributed by atoms with van der Waals surface area (Å²) >= 11 is 1.54. The molecule has 0 amide bonds. The summed E-state index contributed by atoms with van der Waals surface area (Å²) in [6.45, 7) is 3.48. The molecule has 3 aromatic rings.